The molecular weight excluding hydrogens is 416 g/mol. The van der Waals surface area contributed by atoms with Crippen LogP contribution in [0.4, 0.5) is 5.69 Å². The number of carbonyl (C=O) groups is 3. The van der Waals surface area contributed by atoms with Gasteiger partial charge in [0.25, 0.3) is 5.91 Å². The highest BCUT2D eigenvalue weighted by molar-refractivity contribution is 6.09. The van der Waals surface area contributed by atoms with Crippen LogP contribution in [0, 0.1) is 35.5 Å². The first-order valence-corrected chi connectivity index (χ1v) is 11.7. The van der Waals surface area contributed by atoms with Gasteiger partial charge in [0.2, 0.25) is 11.8 Å². The molecule has 6 atom stereocenters. The van der Waals surface area contributed by atoms with Crippen LogP contribution in [0.3, 0.4) is 0 Å². The van der Waals surface area contributed by atoms with Gasteiger partial charge < -0.3 is 4.74 Å². The van der Waals surface area contributed by atoms with Crippen LogP contribution in [0.5, 0.6) is 5.75 Å². The van der Waals surface area contributed by atoms with Crippen molar-refractivity contribution in [1.29, 1.82) is 0 Å². The molecule has 0 spiro atoms. The summed E-state index contributed by atoms with van der Waals surface area (Å²) < 4.78 is 5.53. The Morgan fingerprint density at radius 1 is 0.939 bits per heavy atom. The van der Waals surface area contributed by atoms with E-state index in [-0.39, 0.29) is 48.1 Å². The zero-order valence-electron chi connectivity index (χ0n) is 18.5. The zero-order chi connectivity index (χ0) is 22.7. The molecule has 1 aliphatic heterocycles. The normalized spacial score (nSPS) is 30.8. The summed E-state index contributed by atoms with van der Waals surface area (Å²) in [6.45, 7) is 2.38. The third-order valence-corrected chi connectivity index (χ3v) is 7.76. The first-order valence-electron chi connectivity index (χ1n) is 11.7. The van der Waals surface area contributed by atoms with E-state index >= 15 is 0 Å². The summed E-state index contributed by atoms with van der Waals surface area (Å²) in [5, 5.41) is 0. The van der Waals surface area contributed by atoms with E-state index in [1.807, 2.05) is 13.0 Å². The van der Waals surface area contributed by atoms with Gasteiger partial charge in [0.05, 0.1) is 18.4 Å². The number of rotatable bonds is 6. The Balaban J connectivity index is 1.32. The summed E-state index contributed by atoms with van der Waals surface area (Å²) in [6.07, 6.45) is 5.45. The van der Waals surface area contributed by atoms with Gasteiger partial charge in [0, 0.05) is 11.3 Å². The summed E-state index contributed by atoms with van der Waals surface area (Å²) in [5.41, 5.74) is 1.12. The topological polar surface area (TPSA) is 66.9 Å². The molecule has 7 rings (SSSR count). The smallest absolute Gasteiger partial charge is 0.259 e. The van der Waals surface area contributed by atoms with Gasteiger partial charge in [-0.1, -0.05) is 30.4 Å². The van der Waals surface area contributed by atoms with Crippen molar-refractivity contribution in [2.45, 2.75) is 13.3 Å². The Morgan fingerprint density at radius 3 is 2.12 bits per heavy atom. The number of benzene rings is 2. The monoisotopic (exact) mass is 442 g/mol. The fourth-order valence-electron chi connectivity index (χ4n) is 6.19. The van der Waals surface area contributed by atoms with Crippen LogP contribution in [0.1, 0.15) is 23.7 Å². The largest absolute Gasteiger partial charge is 0.494 e. The lowest BCUT2D eigenvalue weighted by molar-refractivity contribution is -0.140. The third kappa shape index (κ3) is 3.11. The number of allylic oxidation sites excluding steroid dienone is 2. The molecule has 2 aromatic carbocycles. The van der Waals surface area contributed by atoms with Gasteiger partial charge in [-0.2, -0.15) is 0 Å². The summed E-state index contributed by atoms with van der Waals surface area (Å²) >= 11 is 0. The second-order valence-electron chi connectivity index (χ2n) is 9.43. The van der Waals surface area contributed by atoms with E-state index in [0.29, 0.717) is 35.4 Å². The Morgan fingerprint density at radius 2 is 1.55 bits per heavy atom. The van der Waals surface area contributed by atoms with Crippen LogP contribution in [-0.4, -0.2) is 35.9 Å². The Hall–Kier alpha value is -3.41. The molecular formula is C27H26N2O4. The Bertz CT molecular complexity index is 1110. The van der Waals surface area contributed by atoms with E-state index in [1.54, 1.807) is 48.5 Å². The molecule has 6 heteroatoms. The number of likely N-dealkylation sites (tertiary alicyclic amines) is 1. The summed E-state index contributed by atoms with van der Waals surface area (Å²) in [4.78, 5) is 43.3. The van der Waals surface area contributed by atoms with Crippen LogP contribution in [0.2, 0.25) is 0 Å². The van der Waals surface area contributed by atoms with Gasteiger partial charge in [0.1, 0.15) is 12.4 Å². The number of amides is 3. The lowest BCUT2D eigenvalue weighted by Crippen LogP contribution is -2.45. The molecule has 2 saturated carbocycles. The lowest BCUT2D eigenvalue weighted by Gasteiger charge is -2.37. The van der Waals surface area contributed by atoms with Gasteiger partial charge >= 0.3 is 0 Å². The lowest BCUT2D eigenvalue weighted by atomic mass is 9.63. The minimum absolute atomic E-state index is 0.0822. The number of nitrogens with zero attached hydrogens (tertiary/aromatic N) is 2. The van der Waals surface area contributed by atoms with Crippen molar-refractivity contribution >= 4 is 23.4 Å². The standard InChI is InChI=1S/C27H26N2O4/c1-2-33-18-10-8-17(9-11-18)28(25(30)16-6-4-3-5-7-16)15-29-26(31)23-19-12-13-20(22-14-21(19)22)24(23)27(29)32/h3-13,19-24H,2,14-15H2,1H3/t19-,20-,21-,22+,23-,24+/m0/s1. The molecule has 2 aromatic rings. The number of hydrogen-bond acceptors (Lipinski definition) is 4. The maximum Gasteiger partial charge on any atom is 0.259 e. The van der Waals surface area contributed by atoms with E-state index in [1.165, 1.54) is 9.80 Å². The number of carbonyl (C=O) groups excluding carboxylic acids is 3. The fourth-order valence-corrected chi connectivity index (χ4v) is 6.19. The highest BCUT2D eigenvalue weighted by Gasteiger charge is 2.67. The molecule has 0 N–H and O–H groups in total. The van der Waals surface area contributed by atoms with Crippen LogP contribution in [-0.2, 0) is 9.59 Å². The third-order valence-electron chi connectivity index (χ3n) is 7.76. The molecule has 1 saturated heterocycles. The molecule has 0 unspecified atom stereocenters. The van der Waals surface area contributed by atoms with Crippen molar-refractivity contribution < 1.29 is 19.1 Å². The minimum Gasteiger partial charge on any atom is -0.494 e. The molecule has 2 bridgehead atoms. The second kappa shape index (κ2) is 7.58. The van der Waals surface area contributed by atoms with Crippen LogP contribution >= 0.6 is 0 Å². The maximum atomic E-state index is 13.5. The van der Waals surface area contributed by atoms with Gasteiger partial charge in [0.15, 0.2) is 0 Å². The van der Waals surface area contributed by atoms with E-state index < -0.39 is 0 Å². The summed E-state index contributed by atoms with van der Waals surface area (Å²) in [5.74, 6) is 1.06. The molecule has 6 nitrogen and oxygen atoms in total. The minimum atomic E-state index is -0.273. The van der Waals surface area contributed by atoms with Gasteiger partial charge in [-0.15, -0.1) is 0 Å². The molecule has 1 heterocycles. The highest BCUT2D eigenvalue weighted by Crippen LogP contribution is 2.65. The molecule has 168 valence electrons. The van der Waals surface area contributed by atoms with Crippen molar-refractivity contribution in [3.63, 3.8) is 0 Å². The van der Waals surface area contributed by atoms with E-state index in [9.17, 15) is 14.4 Å². The molecule has 0 radical (unpaired) electrons. The number of hydrogen-bond donors (Lipinski definition) is 0. The second-order valence-corrected chi connectivity index (χ2v) is 9.43. The molecule has 33 heavy (non-hydrogen) atoms. The number of anilines is 1. The number of imide groups is 1. The summed E-state index contributed by atoms with van der Waals surface area (Å²) in [6, 6.07) is 16.1. The molecule has 3 fully saturated rings. The fraction of sp³-hybridized carbons (Fsp3) is 0.370. The van der Waals surface area contributed by atoms with E-state index in [2.05, 4.69) is 12.2 Å². The first kappa shape index (κ1) is 20.2. The molecule has 3 amide bonds. The highest BCUT2D eigenvalue weighted by atomic mass is 16.5. The Labute approximate surface area is 192 Å². The predicted molar refractivity (Wildman–Crippen MR) is 122 cm³/mol. The maximum absolute atomic E-state index is 13.5. The van der Waals surface area contributed by atoms with E-state index in [0.717, 1.165) is 6.42 Å². The zero-order valence-corrected chi connectivity index (χ0v) is 18.5. The SMILES string of the molecule is CCOc1ccc(N(CN2C(=O)[C@@H]3[C@H]4C=C[C@@H]([C@@H]5C[C@H]45)[C@@H]3C2=O)C(=O)c2ccccc2)cc1. The summed E-state index contributed by atoms with van der Waals surface area (Å²) in [7, 11) is 0. The quantitative estimate of drug-likeness (QED) is 0.505. The predicted octanol–water partition coefficient (Wildman–Crippen LogP) is 3.74. The van der Waals surface area contributed by atoms with Gasteiger partial charge in [-0.3, -0.25) is 24.2 Å². The molecule has 5 aliphatic rings. The average molecular weight is 443 g/mol. The first-order chi connectivity index (χ1) is 16.1. The van der Waals surface area contributed by atoms with Crippen molar-refractivity contribution in [2.75, 3.05) is 18.2 Å². The van der Waals surface area contributed by atoms with Crippen LogP contribution in [0.15, 0.2) is 66.7 Å². The van der Waals surface area contributed by atoms with Crippen molar-refractivity contribution in [2.24, 2.45) is 35.5 Å². The van der Waals surface area contributed by atoms with Crippen LogP contribution < -0.4 is 9.64 Å². The molecule has 4 aliphatic carbocycles. The van der Waals surface area contributed by atoms with Crippen molar-refractivity contribution in [1.82, 2.24) is 4.90 Å². The van der Waals surface area contributed by atoms with Gasteiger partial charge in [-0.25, -0.2) is 0 Å². The Kier molecular flexibility index (Phi) is 4.64. The average Bonchev–Trinajstić information content (AvgIpc) is 3.63. The van der Waals surface area contributed by atoms with Crippen molar-refractivity contribution in [3.8, 4) is 5.75 Å². The van der Waals surface area contributed by atoms with Crippen LogP contribution in [0.25, 0.3) is 0 Å². The molecule has 0 aromatic heterocycles. The number of ether oxygens (including phenoxy) is 1. The van der Waals surface area contributed by atoms with E-state index in [4.69, 9.17) is 4.74 Å². The van der Waals surface area contributed by atoms with Gasteiger partial charge in [-0.05, 0) is 73.4 Å². The van der Waals surface area contributed by atoms with Crippen molar-refractivity contribution in [3.05, 3.63) is 72.3 Å².